The van der Waals surface area contributed by atoms with Crippen LogP contribution in [-0.4, -0.2) is 56.1 Å². The maximum atomic E-state index is 14.5. The van der Waals surface area contributed by atoms with Gasteiger partial charge in [0.25, 0.3) is 0 Å². The summed E-state index contributed by atoms with van der Waals surface area (Å²) < 4.78 is 14.5. The smallest absolute Gasteiger partial charge is 0.316 e. The minimum Gasteiger partial charge on any atom is -0.481 e. The number of carboxylic acids is 1. The Kier molecular flexibility index (Phi) is 4.21. The standard InChI is InChI=1S/C16H20FN3O3/c1-2-19-9-11(16(22)23)15(21)10-7-12(17)14(8-13(10)19)20-5-3-18-4-6-20/h7-8,11,18H,2-6,9H2,1H3,(H,22,23)/t11-/m0/s1. The van der Waals surface area contributed by atoms with Crippen molar-refractivity contribution in [2.24, 2.45) is 5.92 Å². The quantitative estimate of drug-likeness (QED) is 0.808. The Bertz CT molecular complexity index is 644. The van der Waals surface area contributed by atoms with Crippen molar-refractivity contribution in [3.63, 3.8) is 0 Å². The summed E-state index contributed by atoms with van der Waals surface area (Å²) >= 11 is 0. The van der Waals surface area contributed by atoms with E-state index in [1.165, 1.54) is 6.07 Å². The molecule has 0 amide bonds. The molecule has 0 bridgehead atoms. The van der Waals surface area contributed by atoms with Gasteiger partial charge in [-0.3, -0.25) is 9.59 Å². The van der Waals surface area contributed by atoms with Crippen LogP contribution in [0.5, 0.6) is 0 Å². The normalized spacial score (nSPS) is 21.3. The highest BCUT2D eigenvalue weighted by atomic mass is 19.1. The second kappa shape index (κ2) is 6.16. The molecule has 3 rings (SSSR count). The molecule has 1 aromatic rings. The van der Waals surface area contributed by atoms with E-state index in [2.05, 4.69) is 5.32 Å². The molecule has 0 aromatic heterocycles. The number of benzene rings is 1. The lowest BCUT2D eigenvalue weighted by molar-refractivity contribution is -0.139. The zero-order valence-electron chi connectivity index (χ0n) is 13.0. The van der Waals surface area contributed by atoms with Gasteiger partial charge in [-0.05, 0) is 19.1 Å². The molecule has 2 aliphatic heterocycles. The average Bonchev–Trinajstić information content (AvgIpc) is 2.55. The highest BCUT2D eigenvalue weighted by Gasteiger charge is 2.37. The van der Waals surface area contributed by atoms with Crippen LogP contribution in [0.2, 0.25) is 0 Å². The lowest BCUT2D eigenvalue weighted by Crippen LogP contribution is -2.45. The summed E-state index contributed by atoms with van der Waals surface area (Å²) in [4.78, 5) is 27.4. The van der Waals surface area contributed by atoms with E-state index in [-0.39, 0.29) is 12.1 Å². The van der Waals surface area contributed by atoms with Crippen LogP contribution >= 0.6 is 0 Å². The molecule has 0 aliphatic carbocycles. The minimum absolute atomic E-state index is 0.129. The summed E-state index contributed by atoms with van der Waals surface area (Å²) in [5.74, 6) is -3.28. The highest BCUT2D eigenvalue weighted by molar-refractivity contribution is 6.13. The lowest BCUT2D eigenvalue weighted by atomic mass is 9.90. The number of nitrogens with one attached hydrogen (secondary N) is 1. The number of fused-ring (bicyclic) bond motifs is 1. The predicted molar refractivity (Wildman–Crippen MR) is 84.8 cm³/mol. The molecule has 124 valence electrons. The fourth-order valence-corrected chi connectivity index (χ4v) is 3.24. The predicted octanol–water partition coefficient (Wildman–Crippen LogP) is 0.959. The number of carboxylic acid groups (broad SMARTS) is 1. The van der Waals surface area contributed by atoms with Crippen molar-refractivity contribution in [3.05, 3.63) is 23.5 Å². The number of hydrogen-bond donors (Lipinski definition) is 2. The SMILES string of the molecule is CCN1C[C@H](C(=O)O)C(=O)c2cc(F)c(N3CCNCC3)cc21. The lowest BCUT2D eigenvalue weighted by Gasteiger charge is -2.35. The Balaban J connectivity index is 2.04. The Morgan fingerprint density at radius 2 is 2.04 bits per heavy atom. The molecule has 1 saturated heterocycles. The number of carbonyl (C=O) groups is 2. The first-order valence-corrected chi connectivity index (χ1v) is 7.84. The third kappa shape index (κ3) is 2.76. The number of aliphatic carboxylic acids is 1. The van der Waals surface area contributed by atoms with Crippen LogP contribution in [0.3, 0.4) is 0 Å². The maximum absolute atomic E-state index is 14.5. The van der Waals surface area contributed by atoms with Gasteiger partial charge in [-0.1, -0.05) is 0 Å². The van der Waals surface area contributed by atoms with Crippen LogP contribution in [0.15, 0.2) is 12.1 Å². The number of piperazine rings is 1. The van der Waals surface area contributed by atoms with E-state index in [9.17, 15) is 19.1 Å². The van der Waals surface area contributed by atoms with Crippen molar-refractivity contribution in [1.29, 1.82) is 0 Å². The fourth-order valence-electron chi connectivity index (χ4n) is 3.24. The van der Waals surface area contributed by atoms with Gasteiger partial charge in [-0.15, -0.1) is 0 Å². The molecule has 6 nitrogen and oxygen atoms in total. The summed E-state index contributed by atoms with van der Waals surface area (Å²) in [6, 6.07) is 2.89. The topological polar surface area (TPSA) is 72.9 Å². The third-order valence-corrected chi connectivity index (χ3v) is 4.53. The zero-order chi connectivity index (χ0) is 16.6. The van der Waals surface area contributed by atoms with Crippen molar-refractivity contribution in [2.75, 3.05) is 49.1 Å². The fraction of sp³-hybridized carbons (Fsp3) is 0.500. The van der Waals surface area contributed by atoms with Crippen molar-refractivity contribution in [1.82, 2.24) is 5.32 Å². The number of nitrogens with zero attached hydrogens (tertiary/aromatic N) is 2. The van der Waals surface area contributed by atoms with E-state index < -0.39 is 23.5 Å². The average molecular weight is 321 g/mol. The van der Waals surface area contributed by atoms with Gasteiger partial charge in [0.15, 0.2) is 5.78 Å². The largest absolute Gasteiger partial charge is 0.481 e. The number of rotatable bonds is 3. The van der Waals surface area contributed by atoms with Crippen LogP contribution < -0.4 is 15.1 Å². The van der Waals surface area contributed by atoms with Crippen molar-refractivity contribution in [2.45, 2.75) is 6.92 Å². The first-order chi connectivity index (χ1) is 11.0. The van der Waals surface area contributed by atoms with Crippen LogP contribution in [0.4, 0.5) is 15.8 Å². The van der Waals surface area contributed by atoms with Gasteiger partial charge < -0.3 is 20.2 Å². The van der Waals surface area contributed by atoms with E-state index in [4.69, 9.17) is 0 Å². The van der Waals surface area contributed by atoms with E-state index in [0.29, 0.717) is 31.0 Å². The Morgan fingerprint density at radius 3 is 2.65 bits per heavy atom. The molecule has 1 atom stereocenters. The third-order valence-electron chi connectivity index (χ3n) is 4.53. The van der Waals surface area contributed by atoms with Gasteiger partial charge in [-0.25, -0.2) is 4.39 Å². The number of hydrogen-bond acceptors (Lipinski definition) is 5. The van der Waals surface area contributed by atoms with Crippen LogP contribution in [0.25, 0.3) is 0 Å². The van der Waals surface area contributed by atoms with Crippen LogP contribution in [-0.2, 0) is 4.79 Å². The number of Topliss-reactive ketones (excluding diaryl/α,β-unsaturated/α-hetero) is 1. The minimum atomic E-state index is -1.16. The number of ketones is 1. The molecule has 0 radical (unpaired) electrons. The molecule has 1 fully saturated rings. The van der Waals surface area contributed by atoms with Crippen molar-refractivity contribution in [3.8, 4) is 0 Å². The summed E-state index contributed by atoms with van der Waals surface area (Å²) in [5.41, 5.74) is 1.28. The second-order valence-electron chi connectivity index (χ2n) is 5.85. The summed E-state index contributed by atoms with van der Waals surface area (Å²) in [7, 11) is 0. The molecule has 0 spiro atoms. The highest BCUT2D eigenvalue weighted by Crippen LogP contribution is 2.35. The first-order valence-electron chi connectivity index (χ1n) is 7.84. The van der Waals surface area contributed by atoms with Gasteiger partial charge in [-0.2, -0.15) is 0 Å². The van der Waals surface area contributed by atoms with Crippen molar-refractivity contribution >= 4 is 23.1 Å². The molecule has 2 aliphatic rings. The number of carbonyl (C=O) groups excluding carboxylic acids is 1. The molecule has 0 unspecified atom stereocenters. The molecular weight excluding hydrogens is 301 g/mol. The van der Waals surface area contributed by atoms with Crippen LogP contribution in [0.1, 0.15) is 17.3 Å². The molecule has 1 aromatic carbocycles. The number of anilines is 2. The van der Waals surface area contributed by atoms with E-state index >= 15 is 0 Å². The molecule has 2 N–H and O–H groups in total. The Hall–Kier alpha value is -2.15. The summed E-state index contributed by atoms with van der Waals surface area (Å²) in [5, 5.41) is 12.4. The number of halogens is 1. The molecule has 2 heterocycles. The molecular formula is C16H20FN3O3. The zero-order valence-corrected chi connectivity index (χ0v) is 13.0. The maximum Gasteiger partial charge on any atom is 0.316 e. The van der Waals surface area contributed by atoms with E-state index in [1.54, 1.807) is 6.07 Å². The molecule has 0 saturated carbocycles. The van der Waals surface area contributed by atoms with E-state index in [0.717, 1.165) is 13.1 Å². The first kappa shape index (κ1) is 15.7. The monoisotopic (exact) mass is 321 g/mol. The summed E-state index contributed by atoms with van der Waals surface area (Å²) in [6.07, 6.45) is 0. The van der Waals surface area contributed by atoms with Gasteiger partial charge >= 0.3 is 5.97 Å². The van der Waals surface area contributed by atoms with Gasteiger partial charge in [0, 0.05) is 50.5 Å². The Morgan fingerprint density at radius 1 is 1.35 bits per heavy atom. The van der Waals surface area contributed by atoms with Crippen molar-refractivity contribution < 1.29 is 19.1 Å². The van der Waals surface area contributed by atoms with Gasteiger partial charge in [0.1, 0.15) is 11.7 Å². The van der Waals surface area contributed by atoms with Gasteiger partial charge in [0.2, 0.25) is 0 Å². The van der Waals surface area contributed by atoms with Gasteiger partial charge in [0.05, 0.1) is 5.69 Å². The molecule has 7 heteroatoms. The van der Waals surface area contributed by atoms with E-state index in [1.807, 2.05) is 16.7 Å². The van der Waals surface area contributed by atoms with Crippen LogP contribution in [0, 0.1) is 11.7 Å². The second-order valence-corrected chi connectivity index (χ2v) is 5.85. The Labute approximate surface area is 133 Å². The molecule has 23 heavy (non-hydrogen) atoms. The summed E-state index contributed by atoms with van der Waals surface area (Å²) in [6.45, 7) is 5.57.